The van der Waals surface area contributed by atoms with E-state index in [1.54, 1.807) is 0 Å². The first-order valence-electron chi connectivity index (χ1n) is 11.7. The van der Waals surface area contributed by atoms with Gasteiger partial charge >= 0.3 is 0 Å². The summed E-state index contributed by atoms with van der Waals surface area (Å²) < 4.78 is 0. The van der Waals surface area contributed by atoms with Crippen LogP contribution in [0.3, 0.4) is 0 Å². The zero-order chi connectivity index (χ0) is 22.0. The van der Waals surface area contributed by atoms with Crippen molar-refractivity contribution in [3.05, 3.63) is 47.3 Å². The van der Waals surface area contributed by atoms with E-state index in [4.69, 9.17) is 0 Å². The Labute approximate surface area is 186 Å². The molecule has 1 aromatic rings. The molecule has 0 bridgehead atoms. The van der Waals surface area contributed by atoms with Crippen molar-refractivity contribution in [2.75, 3.05) is 13.1 Å². The fourth-order valence-electron chi connectivity index (χ4n) is 4.69. The van der Waals surface area contributed by atoms with E-state index in [0.717, 1.165) is 38.2 Å². The topological polar surface area (TPSA) is 63.2 Å². The van der Waals surface area contributed by atoms with Gasteiger partial charge in [0.05, 0.1) is 12.1 Å². The summed E-state index contributed by atoms with van der Waals surface area (Å²) in [6.45, 7) is 10.2. The highest BCUT2D eigenvalue weighted by Crippen LogP contribution is 2.34. The fraction of sp³-hybridized carbons (Fsp3) is 0.583. The molecule has 0 saturated carbocycles. The van der Waals surface area contributed by atoms with E-state index in [2.05, 4.69) is 84.2 Å². The first-order valence-corrected chi connectivity index (χ1v) is 11.7. The zero-order valence-corrected chi connectivity index (χ0v) is 19.3. The lowest BCUT2D eigenvalue weighted by Gasteiger charge is -2.37. The summed E-state index contributed by atoms with van der Waals surface area (Å²) in [5.41, 5.74) is 11.0. The molecule has 3 unspecified atom stereocenters. The lowest BCUT2D eigenvalue weighted by Crippen LogP contribution is -2.54. The molecule has 1 fully saturated rings. The van der Waals surface area contributed by atoms with Crippen LogP contribution < -0.4 is 10.9 Å². The Bertz CT molecular complexity index is 866. The number of nitrogens with zero attached hydrogens (tertiary/aromatic N) is 4. The maximum Gasteiger partial charge on any atom is 0.223 e. The second kappa shape index (κ2) is 9.30. The van der Waals surface area contributed by atoms with E-state index in [9.17, 15) is 4.79 Å². The molecule has 0 radical (unpaired) electrons. The van der Waals surface area contributed by atoms with Crippen LogP contribution in [0.25, 0.3) is 0 Å². The van der Waals surface area contributed by atoms with E-state index >= 15 is 0 Å². The number of carbonyl (C=O) groups excluding carboxylic acids is 1. The largest absolute Gasteiger partial charge is 0.343 e. The van der Waals surface area contributed by atoms with E-state index in [1.807, 2.05) is 4.90 Å². The van der Waals surface area contributed by atoms with Gasteiger partial charge in [-0.25, -0.2) is 5.43 Å². The Morgan fingerprint density at radius 2 is 2.06 bits per heavy atom. The van der Waals surface area contributed by atoms with E-state index in [1.165, 1.54) is 16.7 Å². The molecule has 7 heteroatoms. The van der Waals surface area contributed by atoms with Crippen LogP contribution in [-0.4, -0.2) is 51.8 Å². The van der Waals surface area contributed by atoms with Crippen molar-refractivity contribution in [3.8, 4) is 0 Å². The summed E-state index contributed by atoms with van der Waals surface area (Å²) in [7, 11) is 0. The third-order valence-corrected chi connectivity index (χ3v) is 6.83. The molecule has 3 aliphatic heterocycles. The summed E-state index contributed by atoms with van der Waals surface area (Å²) in [6.07, 6.45) is 8.62. The van der Waals surface area contributed by atoms with Gasteiger partial charge in [0, 0.05) is 38.3 Å². The number of hydrogen-bond donors (Lipinski definition) is 2. The van der Waals surface area contributed by atoms with Crippen LogP contribution in [-0.2, 0) is 4.79 Å². The maximum absolute atomic E-state index is 12.6. The van der Waals surface area contributed by atoms with Crippen LogP contribution in [0.2, 0.25) is 0 Å². The van der Waals surface area contributed by atoms with E-state index in [-0.39, 0.29) is 24.2 Å². The predicted molar refractivity (Wildman–Crippen MR) is 124 cm³/mol. The van der Waals surface area contributed by atoms with Crippen molar-refractivity contribution in [1.82, 2.24) is 25.7 Å². The zero-order valence-electron chi connectivity index (χ0n) is 19.3. The van der Waals surface area contributed by atoms with Gasteiger partial charge < -0.3 is 14.8 Å². The lowest BCUT2D eigenvalue weighted by molar-refractivity contribution is -0.130. The Hall–Kier alpha value is -2.54. The highest BCUT2D eigenvalue weighted by Gasteiger charge is 2.44. The van der Waals surface area contributed by atoms with Gasteiger partial charge in [0.2, 0.25) is 5.91 Å². The van der Waals surface area contributed by atoms with Crippen LogP contribution in [0.15, 0.2) is 35.7 Å². The number of fused-ring (bicyclic) bond motifs is 3. The smallest absolute Gasteiger partial charge is 0.223 e. The number of nitrogens with one attached hydrogen (secondary N) is 2. The molecule has 2 N–H and O–H groups in total. The molecule has 3 heterocycles. The number of amidine groups is 1. The molecule has 1 amide bonds. The Morgan fingerprint density at radius 1 is 1.23 bits per heavy atom. The summed E-state index contributed by atoms with van der Waals surface area (Å²) in [6, 6.07) is 7.30. The van der Waals surface area contributed by atoms with Gasteiger partial charge in [-0.15, -0.1) is 0 Å². The number of unbranched alkanes of at least 4 members (excludes halogenated alkanes) is 1. The normalized spacial score (nSPS) is 24.0. The van der Waals surface area contributed by atoms with Crippen LogP contribution in [0, 0.1) is 13.8 Å². The number of benzene rings is 1. The fourth-order valence-corrected chi connectivity index (χ4v) is 4.69. The SMILES string of the molecule is CCCCN(CC)C(=O)CCC1=NNC2C3CC(c4ccc(C)c(C)c4)NN3C=CN12. The van der Waals surface area contributed by atoms with Crippen molar-refractivity contribution in [2.24, 2.45) is 5.10 Å². The molecule has 0 aromatic heterocycles. The first kappa shape index (κ1) is 21.7. The highest BCUT2D eigenvalue weighted by atomic mass is 16.2. The number of hydrazone groups is 1. The second-order valence-electron chi connectivity index (χ2n) is 8.87. The van der Waals surface area contributed by atoms with Crippen LogP contribution in [0.4, 0.5) is 0 Å². The van der Waals surface area contributed by atoms with E-state index in [0.29, 0.717) is 12.8 Å². The number of amides is 1. The molecule has 7 nitrogen and oxygen atoms in total. The maximum atomic E-state index is 12.6. The molecule has 0 spiro atoms. The molecule has 3 aliphatic rings. The Morgan fingerprint density at radius 3 is 2.81 bits per heavy atom. The standard InChI is InChI=1S/C24H36N6O/c1-5-7-12-28(6-2)23(31)11-10-22-25-26-24-21-16-20(27-30(21)14-13-29(22)24)19-9-8-17(3)18(4)15-19/h8-9,13-15,20-21,24,26-27H,5-7,10-12,16H2,1-4H3. The molecule has 1 saturated heterocycles. The molecule has 1 aromatic carbocycles. The molecule has 168 valence electrons. The Balaban J connectivity index is 1.36. The quantitative estimate of drug-likeness (QED) is 0.670. The summed E-state index contributed by atoms with van der Waals surface area (Å²) in [5.74, 6) is 1.18. The summed E-state index contributed by atoms with van der Waals surface area (Å²) in [4.78, 5) is 16.8. The minimum atomic E-state index is 0.0986. The third kappa shape index (κ3) is 4.42. The third-order valence-electron chi connectivity index (χ3n) is 6.83. The van der Waals surface area contributed by atoms with Gasteiger partial charge in [-0.05, 0) is 50.3 Å². The summed E-state index contributed by atoms with van der Waals surface area (Å²) >= 11 is 0. The molecule has 31 heavy (non-hydrogen) atoms. The summed E-state index contributed by atoms with van der Waals surface area (Å²) in [5, 5.41) is 6.81. The Kier molecular flexibility index (Phi) is 6.51. The van der Waals surface area contributed by atoms with Gasteiger partial charge in [-0.1, -0.05) is 31.5 Å². The van der Waals surface area contributed by atoms with Crippen molar-refractivity contribution in [2.45, 2.75) is 78.0 Å². The van der Waals surface area contributed by atoms with Crippen molar-refractivity contribution < 1.29 is 4.79 Å². The van der Waals surface area contributed by atoms with Crippen LogP contribution >= 0.6 is 0 Å². The van der Waals surface area contributed by atoms with Gasteiger partial charge in [0.15, 0.2) is 0 Å². The molecule has 3 atom stereocenters. The van der Waals surface area contributed by atoms with Gasteiger partial charge in [0.1, 0.15) is 12.0 Å². The monoisotopic (exact) mass is 424 g/mol. The average Bonchev–Trinajstić information content (AvgIpc) is 3.38. The van der Waals surface area contributed by atoms with Crippen LogP contribution in [0.5, 0.6) is 0 Å². The predicted octanol–water partition coefficient (Wildman–Crippen LogP) is 3.38. The van der Waals surface area contributed by atoms with Crippen molar-refractivity contribution in [1.29, 1.82) is 0 Å². The average molecular weight is 425 g/mol. The minimum absolute atomic E-state index is 0.0986. The molecule has 0 aliphatic carbocycles. The number of hydrogen-bond acceptors (Lipinski definition) is 6. The van der Waals surface area contributed by atoms with Crippen molar-refractivity contribution >= 4 is 11.7 Å². The number of rotatable bonds is 8. The van der Waals surface area contributed by atoms with Gasteiger partial charge in [-0.2, -0.15) is 5.10 Å². The molecule has 4 rings (SSSR count). The molecular formula is C24H36N6O. The van der Waals surface area contributed by atoms with Crippen LogP contribution in [0.1, 0.15) is 68.7 Å². The minimum Gasteiger partial charge on any atom is -0.343 e. The first-order chi connectivity index (χ1) is 15.0. The van der Waals surface area contributed by atoms with Gasteiger partial charge in [0.25, 0.3) is 0 Å². The number of aryl methyl sites for hydroxylation is 2. The number of hydrazine groups is 1. The van der Waals surface area contributed by atoms with Gasteiger partial charge in [-0.3, -0.25) is 10.2 Å². The lowest BCUT2D eigenvalue weighted by atomic mass is 9.97. The highest BCUT2D eigenvalue weighted by molar-refractivity contribution is 5.89. The van der Waals surface area contributed by atoms with E-state index < -0.39 is 0 Å². The van der Waals surface area contributed by atoms with Crippen molar-refractivity contribution in [3.63, 3.8) is 0 Å². The number of carbonyl (C=O) groups is 1. The second-order valence-corrected chi connectivity index (χ2v) is 8.87. The molecular weight excluding hydrogens is 388 g/mol.